The Morgan fingerprint density at radius 1 is 0.491 bits per heavy atom. The first kappa shape index (κ1) is 33.9. The largest absolute Gasteiger partial charge is 0.310 e. The first-order valence-electron chi connectivity index (χ1n) is 20.5. The van der Waals surface area contributed by atoms with Gasteiger partial charge in [-0.05, 0) is 121 Å². The first-order chi connectivity index (χ1) is 27.8. The van der Waals surface area contributed by atoms with Crippen molar-refractivity contribution in [3.05, 3.63) is 215 Å². The molecule has 274 valence electrons. The molecule has 4 aliphatic rings. The molecule has 0 heterocycles. The van der Waals surface area contributed by atoms with Gasteiger partial charge in [-0.1, -0.05) is 173 Å². The van der Waals surface area contributed by atoms with Crippen LogP contribution in [0.2, 0.25) is 0 Å². The molecule has 1 heteroatoms. The molecular weight excluding hydrogens is 687 g/mol. The maximum atomic E-state index is 2.48. The number of anilines is 3. The zero-order valence-electron chi connectivity index (χ0n) is 33.1. The summed E-state index contributed by atoms with van der Waals surface area (Å²) in [7, 11) is 0. The second-order valence-corrected chi connectivity index (χ2v) is 17.3. The SMILES string of the molecule is CC1(C)c2ccccc2-c2ccc(-c3ccc(N(c4ccc5c(c4)C=CC4=CC=CCC45)c4ccccc4-c4cccc5c4-c4ccccc4C5(C)C)cc3)cc21. The number of allylic oxidation sites excluding steroid dienone is 5. The van der Waals surface area contributed by atoms with Gasteiger partial charge in [-0.25, -0.2) is 0 Å². The lowest BCUT2D eigenvalue weighted by Gasteiger charge is -2.31. The summed E-state index contributed by atoms with van der Waals surface area (Å²) in [6, 6.07) is 57.2. The topological polar surface area (TPSA) is 3.24 Å². The molecule has 0 saturated heterocycles. The van der Waals surface area contributed by atoms with Crippen LogP contribution in [0.25, 0.3) is 50.6 Å². The van der Waals surface area contributed by atoms with Gasteiger partial charge in [0.15, 0.2) is 0 Å². The highest BCUT2D eigenvalue weighted by Gasteiger charge is 2.38. The van der Waals surface area contributed by atoms with E-state index in [9.17, 15) is 0 Å². The van der Waals surface area contributed by atoms with Crippen LogP contribution >= 0.6 is 0 Å². The van der Waals surface area contributed by atoms with Crippen LogP contribution in [0.15, 0.2) is 182 Å². The van der Waals surface area contributed by atoms with Crippen LogP contribution in [0.3, 0.4) is 0 Å². The number of para-hydroxylation sites is 1. The first-order valence-corrected chi connectivity index (χ1v) is 20.5. The van der Waals surface area contributed by atoms with Crippen molar-refractivity contribution in [2.75, 3.05) is 4.90 Å². The number of nitrogens with zero attached hydrogens (tertiary/aromatic N) is 1. The van der Waals surface area contributed by atoms with Gasteiger partial charge in [0.1, 0.15) is 0 Å². The van der Waals surface area contributed by atoms with Crippen molar-refractivity contribution in [3.8, 4) is 44.5 Å². The van der Waals surface area contributed by atoms with Crippen molar-refractivity contribution >= 4 is 23.1 Å². The maximum absolute atomic E-state index is 2.48. The Hall–Kier alpha value is -6.44. The summed E-state index contributed by atoms with van der Waals surface area (Å²) in [5, 5.41) is 0. The van der Waals surface area contributed by atoms with Gasteiger partial charge in [0.25, 0.3) is 0 Å². The molecule has 0 aliphatic heterocycles. The monoisotopic (exact) mass is 731 g/mol. The van der Waals surface area contributed by atoms with Crippen molar-refractivity contribution < 1.29 is 0 Å². The van der Waals surface area contributed by atoms with Crippen LogP contribution in [0.4, 0.5) is 17.1 Å². The second-order valence-electron chi connectivity index (χ2n) is 17.3. The minimum Gasteiger partial charge on any atom is -0.310 e. The van der Waals surface area contributed by atoms with Gasteiger partial charge >= 0.3 is 0 Å². The summed E-state index contributed by atoms with van der Waals surface area (Å²) in [5.74, 6) is 0.407. The Morgan fingerprint density at radius 2 is 1.12 bits per heavy atom. The molecule has 11 rings (SSSR count). The molecule has 0 bridgehead atoms. The second kappa shape index (κ2) is 12.5. The highest BCUT2D eigenvalue weighted by molar-refractivity contribution is 5.98. The lowest BCUT2D eigenvalue weighted by atomic mass is 9.79. The molecule has 0 spiro atoms. The molecular formula is C56H45N. The number of hydrogen-bond donors (Lipinski definition) is 0. The Bertz CT molecular complexity index is 2880. The number of benzene rings is 7. The Kier molecular flexibility index (Phi) is 7.45. The van der Waals surface area contributed by atoms with Crippen LogP contribution in [0, 0.1) is 0 Å². The highest BCUT2D eigenvalue weighted by atomic mass is 15.1. The molecule has 0 saturated carbocycles. The number of fused-ring (bicyclic) bond motifs is 9. The van der Waals surface area contributed by atoms with Crippen molar-refractivity contribution in [1.29, 1.82) is 0 Å². The fraction of sp³-hybridized carbons (Fsp3) is 0.143. The molecule has 1 unspecified atom stereocenters. The molecule has 0 fully saturated rings. The smallest absolute Gasteiger partial charge is 0.0540 e. The number of rotatable bonds is 5. The summed E-state index contributed by atoms with van der Waals surface area (Å²) in [6.45, 7) is 9.45. The van der Waals surface area contributed by atoms with E-state index in [1.165, 1.54) is 89.1 Å². The average molecular weight is 732 g/mol. The van der Waals surface area contributed by atoms with Gasteiger partial charge in [0.05, 0.1) is 5.69 Å². The molecule has 0 aromatic heterocycles. The molecule has 7 aromatic rings. The predicted molar refractivity (Wildman–Crippen MR) is 241 cm³/mol. The van der Waals surface area contributed by atoms with E-state index >= 15 is 0 Å². The zero-order valence-corrected chi connectivity index (χ0v) is 33.1. The molecule has 4 aliphatic carbocycles. The van der Waals surface area contributed by atoms with E-state index in [-0.39, 0.29) is 10.8 Å². The van der Waals surface area contributed by atoms with E-state index in [1.54, 1.807) is 0 Å². The molecule has 0 N–H and O–H groups in total. The minimum atomic E-state index is -0.0750. The fourth-order valence-electron chi connectivity index (χ4n) is 10.5. The minimum absolute atomic E-state index is 0.0406. The summed E-state index contributed by atoms with van der Waals surface area (Å²) in [4.78, 5) is 2.48. The van der Waals surface area contributed by atoms with Crippen LogP contribution in [-0.4, -0.2) is 0 Å². The van der Waals surface area contributed by atoms with E-state index in [1.807, 2.05) is 0 Å². The van der Waals surface area contributed by atoms with E-state index < -0.39 is 0 Å². The lowest BCUT2D eigenvalue weighted by Crippen LogP contribution is -2.15. The molecule has 0 amide bonds. The van der Waals surface area contributed by atoms with E-state index in [0.717, 1.165) is 17.8 Å². The Balaban J connectivity index is 1.06. The maximum Gasteiger partial charge on any atom is 0.0540 e. The molecule has 1 nitrogen and oxygen atoms in total. The van der Waals surface area contributed by atoms with Gasteiger partial charge in [-0.2, -0.15) is 0 Å². The van der Waals surface area contributed by atoms with E-state index in [4.69, 9.17) is 0 Å². The van der Waals surface area contributed by atoms with Gasteiger partial charge in [-0.3, -0.25) is 0 Å². The van der Waals surface area contributed by atoms with Crippen LogP contribution < -0.4 is 4.90 Å². The Morgan fingerprint density at radius 3 is 1.95 bits per heavy atom. The van der Waals surface area contributed by atoms with E-state index in [2.05, 4.69) is 215 Å². The van der Waals surface area contributed by atoms with Crippen LogP contribution in [0.1, 0.15) is 73.4 Å². The van der Waals surface area contributed by atoms with Crippen LogP contribution in [0.5, 0.6) is 0 Å². The van der Waals surface area contributed by atoms with Crippen molar-refractivity contribution in [1.82, 2.24) is 0 Å². The lowest BCUT2D eigenvalue weighted by molar-refractivity contribution is 0.660. The van der Waals surface area contributed by atoms with Crippen molar-refractivity contribution in [3.63, 3.8) is 0 Å². The highest BCUT2D eigenvalue weighted by Crippen LogP contribution is 2.54. The average Bonchev–Trinajstić information content (AvgIpc) is 3.63. The van der Waals surface area contributed by atoms with Crippen molar-refractivity contribution in [2.24, 2.45) is 0 Å². The predicted octanol–water partition coefficient (Wildman–Crippen LogP) is 15.1. The van der Waals surface area contributed by atoms with Crippen molar-refractivity contribution in [2.45, 2.75) is 50.9 Å². The van der Waals surface area contributed by atoms with Crippen LogP contribution in [-0.2, 0) is 10.8 Å². The third-order valence-electron chi connectivity index (χ3n) is 13.4. The summed E-state index contributed by atoms with van der Waals surface area (Å²) < 4.78 is 0. The van der Waals surface area contributed by atoms with E-state index in [0.29, 0.717) is 5.92 Å². The molecule has 0 radical (unpaired) electrons. The van der Waals surface area contributed by atoms with Gasteiger partial charge in [0, 0.05) is 33.7 Å². The third-order valence-corrected chi connectivity index (χ3v) is 13.4. The van der Waals surface area contributed by atoms with Gasteiger partial charge in [-0.15, -0.1) is 0 Å². The summed E-state index contributed by atoms with van der Waals surface area (Å²) in [5.41, 5.74) is 23.4. The summed E-state index contributed by atoms with van der Waals surface area (Å²) >= 11 is 0. The molecule has 7 aromatic carbocycles. The fourth-order valence-corrected chi connectivity index (χ4v) is 10.5. The van der Waals surface area contributed by atoms with Gasteiger partial charge in [0.2, 0.25) is 0 Å². The normalized spacial score (nSPS) is 17.1. The molecule has 1 atom stereocenters. The zero-order chi connectivity index (χ0) is 38.5. The molecule has 57 heavy (non-hydrogen) atoms. The third kappa shape index (κ3) is 5.08. The standard InChI is InChI=1S/C56H45N/c1-55(2)50-21-11-8-18-48(50)54-47(19-13-22-51(54)55)46-17-9-12-23-53(46)57(41-31-33-43-39(34-41)25-24-37-14-5-6-15-42(37)43)40-29-26-36(27-30-40)38-28-32-45-44-16-7-10-20-49(44)56(3,4)52(45)35-38/h5-14,16-35,42H,15H2,1-4H3. The number of hydrogen-bond acceptors (Lipinski definition) is 1. The van der Waals surface area contributed by atoms with Gasteiger partial charge < -0.3 is 4.90 Å². The Labute approximate surface area is 337 Å². The summed E-state index contributed by atoms with van der Waals surface area (Å²) in [6.07, 6.45) is 12.4. The quantitative estimate of drug-likeness (QED) is 0.170.